The molecule has 20 heteroatoms. The standard InChI is InChI=1S/6CH3NS2.Mo.H2S/c6*2-1(3)4;;/h6*(H3,2,3,4);;1H2/p-6. The van der Waals surface area contributed by atoms with Gasteiger partial charge in [0, 0.05) is 21.1 Å². The van der Waals surface area contributed by atoms with Crippen molar-refractivity contribution in [1.29, 1.82) is 0 Å². The maximum absolute atomic E-state index is 4.66. The molecular weight excluding hydrogens is 669 g/mol. The molecule has 0 aliphatic rings. The van der Waals surface area contributed by atoms with Crippen molar-refractivity contribution in [1.82, 2.24) is 0 Å². The first-order chi connectivity index (χ1) is 10.4. The van der Waals surface area contributed by atoms with Crippen molar-refractivity contribution in [2.75, 3.05) is 0 Å². The Morgan fingerprint density at radius 1 is 0.385 bits per heavy atom. The fraction of sp³-hybridized carbons (Fsp3) is 0. The van der Waals surface area contributed by atoms with Crippen molar-refractivity contribution in [3.63, 3.8) is 0 Å². The van der Waals surface area contributed by atoms with E-state index in [1.54, 1.807) is 0 Å². The molecule has 158 valence electrons. The zero-order valence-electron chi connectivity index (χ0n) is 12.3. The number of hydrogen-bond acceptors (Lipinski definition) is 12. The summed E-state index contributed by atoms with van der Waals surface area (Å²) in [6.07, 6.45) is 0. The van der Waals surface area contributed by atoms with Crippen LogP contribution in [0, 0.1) is 0 Å². The summed E-state index contributed by atoms with van der Waals surface area (Å²) < 4.78 is 0.500. The number of thiocarbonyl (C=S) groups is 6. The molecule has 0 unspecified atom stereocenters. The number of hydrogen-bond donors (Lipinski definition) is 6. The summed E-state index contributed by atoms with van der Waals surface area (Å²) in [5.74, 6) is 0. The summed E-state index contributed by atoms with van der Waals surface area (Å²) >= 11 is 49.6. The average Bonchev–Trinajstić information content (AvgIpc) is 2.08. The Balaban J connectivity index is -0.0000000245. The van der Waals surface area contributed by atoms with Crippen molar-refractivity contribution in [2.45, 2.75) is 0 Å². The van der Waals surface area contributed by atoms with Crippen LogP contribution >= 0.6 is 86.8 Å². The molecule has 0 heterocycles. The van der Waals surface area contributed by atoms with Gasteiger partial charge >= 0.3 is 0 Å². The molecule has 0 bridgehead atoms. The second kappa shape index (κ2) is 45.4. The minimum atomic E-state index is 0. The van der Waals surface area contributed by atoms with Crippen LogP contribution in [0.25, 0.3) is 0 Å². The Bertz CT molecular complexity index is 274. The molecule has 0 spiro atoms. The molecule has 0 aliphatic carbocycles. The zero-order valence-corrected chi connectivity index (χ0v) is 25.1. The van der Waals surface area contributed by atoms with Crippen LogP contribution in [-0.2, 0) is 96.8 Å². The first kappa shape index (κ1) is 50.9. The maximum Gasteiger partial charge on any atom is 0 e. The van der Waals surface area contributed by atoms with E-state index in [0.29, 0.717) is 0 Å². The molecule has 0 saturated heterocycles. The normalized spacial score (nSPS) is 5.54. The van der Waals surface area contributed by atoms with Crippen LogP contribution < -0.4 is 34.4 Å². The van der Waals surface area contributed by atoms with Gasteiger partial charge in [0.2, 0.25) is 0 Å². The summed E-state index contributed by atoms with van der Waals surface area (Å²) in [7, 11) is 0. The van der Waals surface area contributed by atoms with Gasteiger partial charge in [-0.25, -0.2) is 0 Å². The quantitative estimate of drug-likeness (QED) is 0.103. The summed E-state index contributed by atoms with van der Waals surface area (Å²) in [4.78, 5) is 0. The van der Waals surface area contributed by atoms with Crippen molar-refractivity contribution < 1.29 is 21.1 Å². The molecule has 0 rings (SSSR count). The van der Waals surface area contributed by atoms with E-state index < -0.39 is 0 Å². The number of rotatable bonds is 0. The van der Waals surface area contributed by atoms with Crippen LogP contribution in [0.4, 0.5) is 0 Å². The van der Waals surface area contributed by atoms with Crippen LogP contribution in [-0.4, -0.2) is 25.9 Å². The van der Waals surface area contributed by atoms with Gasteiger partial charge in [0.1, 0.15) is 0 Å². The monoisotopic (exact) mass is 684 g/mol. The molecule has 0 atom stereocenters. The van der Waals surface area contributed by atoms with Gasteiger partial charge < -0.3 is 183 Å². The largest absolute Gasteiger partial charge is 0.415 e. The predicted molar refractivity (Wildman–Crippen MR) is 155 cm³/mol. The van der Waals surface area contributed by atoms with E-state index in [2.05, 4.69) is 183 Å². The second-order valence-electron chi connectivity index (χ2n) is 1.91. The Kier molecular flexibility index (Phi) is 88.9. The van der Waals surface area contributed by atoms with E-state index in [1.807, 2.05) is 0 Å². The summed E-state index contributed by atoms with van der Waals surface area (Å²) in [5, 5.41) is 0. The molecular formula is C6H14MoN6S13-6. The fourth-order valence-electron chi connectivity index (χ4n) is 0. The minimum absolute atomic E-state index is 0. The zero-order chi connectivity index (χ0) is 21.5. The van der Waals surface area contributed by atoms with E-state index in [9.17, 15) is 0 Å². The molecule has 0 fully saturated rings. The summed E-state index contributed by atoms with van der Waals surface area (Å²) in [5.41, 5.74) is 27.9. The van der Waals surface area contributed by atoms with Gasteiger partial charge in [0.05, 0.1) is 0 Å². The molecule has 6 nitrogen and oxygen atoms in total. The Morgan fingerprint density at radius 3 is 0.385 bits per heavy atom. The minimum Gasteiger partial charge on any atom is -0.415 e. The maximum atomic E-state index is 4.66. The topological polar surface area (TPSA) is 156 Å². The van der Waals surface area contributed by atoms with E-state index >= 15 is 0 Å². The van der Waals surface area contributed by atoms with Gasteiger partial charge in [0.15, 0.2) is 0 Å². The van der Waals surface area contributed by atoms with Crippen LogP contribution in [0.15, 0.2) is 0 Å². The first-order valence-electron chi connectivity index (χ1n) is 4.18. The van der Waals surface area contributed by atoms with Gasteiger partial charge in [-0.15, -0.1) is 0 Å². The van der Waals surface area contributed by atoms with E-state index in [-0.39, 0.29) is 60.5 Å². The predicted octanol–water partition coefficient (Wildman–Crippen LogP) is -1.23. The molecule has 26 heavy (non-hydrogen) atoms. The first-order valence-corrected chi connectivity index (χ1v) is 9.08. The van der Waals surface area contributed by atoms with Crippen molar-refractivity contribution in [3.05, 3.63) is 0 Å². The summed E-state index contributed by atoms with van der Waals surface area (Å²) in [6.45, 7) is 0. The van der Waals surface area contributed by atoms with Crippen LogP contribution in [0.3, 0.4) is 0 Å². The molecule has 0 radical (unpaired) electrons. The van der Waals surface area contributed by atoms with Gasteiger partial charge in [-0.1, -0.05) is 25.9 Å². The number of nitrogens with two attached hydrogens (primary N) is 6. The van der Waals surface area contributed by atoms with Crippen LogP contribution in [0.2, 0.25) is 0 Å². The Hall–Kier alpha value is 1.70. The molecule has 0 aliphatic heterocycles. The Morgan fingerprint density at radius 2 is 0.385 bits per heavy atom. The molecule has 0 aromatic rings. The fourth-order valence-corrected chi connectivity index (χ4v) is 0. The van der Waals surface area contributed by atoms with E-state index in [4.69, 9.17) is 0 Å². The Labute approximate surface area is 240 Å². The molecule has 0 saturated carbocycles. The van der Waals surface area contributed by atoms with Gasteiger partial charge in [-0.3, -0.25) is 0 Å². The van der Waals surface area contributed by atoms with Crippen molar-refractivity contribution >= 4 is 188 Å². The molecule has 0 amide bonds. The van der Waals surface area contributed by atoms with Crippen LogP contribution in [0.1, 0.15) is 0 Å². The third-order valence-electron chi connectivity index (χ3n) is 0. The van der Waals surface area contributed by atoms with Crippen molar-refractivity contribution in [2.24, 2.45) is 34.4 Å². The van der Waals surface area contributed by atoms with Crippen LogP contribution in [0.5, 0.6) is 0 Å². The summed E-state index contributed by atoms with van der Waals surface area (Å²) in [6, 6.07) is 0. The van der Waals surface area contributed by atoms with E-state index in [1.165, 1.54) is 0 Å². The van der Waals surface area contributed by atoms with Gasteiger partial charge in [-0.2, -0.15) is 13.5 Å². The average molecular weight is 683 g/mol. The molecule has 12 N–H and O–H groups in total. The van der Waals surface area contributed by atoms with Gasteiger partial charge in [-0.05, 0) is 0 Å². The van der Waals surface area contributed by atoms with Crippen molar-refractivity contribution in [3.8, 4) is 0 Å². The van der Waals surface area contributed by atoms with Gasteiger partial charge in [0.25, 0.3) is 0 Å². The third-order valence-corrected chi connectivity index (χ3v) is 0. The third kappa shape index (κ3) is 5440. The smallest absolute Gasteiger partial charge is 0 e. The molecule has 0 aromatic heterocycles. The SMILES string of the molecule is NC(=S)[S-].NC(=S)[S-].NC(=S)[S-].NC(=S)[S-].NC(=S)[S-].NC(=S)[S-].S.[Mo]. The second-order valence-corrected chi connectivity index (χ2v) is 8.74. The molecule has 0 aromatic carbocycles. The van der Waals surface area contributed by atoms with E-state index in [0.717, 1.165) is 0 Å².